The first-order valence-corrected chi connectivity index (χ1v) is 20.3. The molecule has 1 saturated heterocycles. The molecule has 0 radical (unpaired) electrons. The van der Waals surface area contributed by atoms with E-state index in [1.807, 2.05) is 48.2 Å². The Bertz CT molecular complexity index is 2420. The zero-order valence-corrected chi connectivity index (χ0v) is 33.0. The lowest BCUT2D eigenvalue weighted by Crippen LogP contribution is -2.40. The van der Waals surface area contributed by atoms with Gasteiger partial charge in [0.05, 0.1) is 17.3 Å². The van der Waals surface area contributed by atoms with E-state index in [9.17, 15) is 23.4 Å². The molecule has 1 saturated carbocycles. The average molecular weight is 830 g/mol. The maximum absolute atomic E-state index is 13.0. The molecule has 7 N–H and O–H groups in total. The predicted octanol–water partition coefficient (Wildman–Crippen LogP) is 3.00. The third-order valence-corrected chi connectivity index (χ3v) is 11.5. The molecular weight excluding hydrogens is 786 g/mol. The summed E-state index contributed by atoms with van der Waals surface area (Å²) in [6.45, 7) is 3.34. The Morgan fingerprint density at radius 3 is 2.26 bits per heavy atom. The minimum absolute atomic E-state index is 0. The average Bonchev–Trinajstić information content (AvgIpc) is 4.03. The van der Waals surface area contributed by atoms with Crippen LogP contribution in [-0.4, -0.2) is 102 Å². The molecule has 1 aliphatic heterocycles. The van der Waals surface area contributed by atoms with Gasteiger partial charge in [-0.2, -0.15) is 14.8 Å². The first kappa shape index (κ1) is 40.5. The van der Waals surface area contributed by atoms with Crippen LogP contribution in [0, 0.1) is 0 Å². The maximum atomic E-state index is 13.0. The number of aliphatic hydroxyl groups excluding tert-OH is 2. The topological polar surface area (TPSA) is 244 Å². The summed E-state index contributed by atoms with van der Waals surface area (Å²) in [5.74, 6) is 1.42. The number of nitrogens with zero attached hydrogens (tertiary/aromatic N) is 9. The smallest absolute Gasteiger partial charge is 0.319 e. The second kappa shape index (κ2) is 17.0. The molecule has 6 aromatic rings. The number of tetrazole rings is 1. The van der Waals surface area contributed by atoms with Crippen molar-refractivity contribution in [2.24, 2.45) is 5.14 Å². The lowest BCUT2D eigenvalue weighted by atomic mass is 9.91. The number of halogens is 1. The number of carbonyl (C=O) groups excluding carboxylic acids is 1. The number of nitrogens with one attached hydrogen (secondary N) is 3. The molecule has 8 rings (SSSR count). The van der Waals surface area contributed by atoms with Gasteiger partial charge in [-0.15, -0.1) is 22.6 Å². The van der Waals surface area contributed by atoms with E-state index in [4.69, 9.17) is 20.1 Å². The summed E-state index contributed by atoms with van der Waals surface area (Å²) in [6, 6.07) is 24.1. The SMILES string of the molecule is CCc1nnn([C@H]2C[C@@H](n3cnc4c(NCC(c5ccccc5)c5ccccc5)nc(N5CCC(NC(=O)Nc6ccc(S(N)(=O)=O)cc6)C5)nc43)[C@H](O)[C@@H]2O)n1.Cl. The van der Waals surface area contributed by atoms with E-state index < -0.39 is 40.3 Å². The molecule has 304 valence electrons. The molecule has 3 aromatic carbocycles. The Morgan fingerprint density at radius 2 is 1.62 bits per heavy atom. The minimum atomic E-state index is -3.86. The minimum Gasteiger partial charge on any atom is -0.388 e. The molecule has 1 unspecified atom stereocenters. The monoisotopic (exact) mass is 829 g/mol. The van der Waals surface area contributed by atoms with Crippen LogP contribution in [0.3, 0.4) is 0 Å². The lowest BCUT2D eigenvalue weighted by Gasteiger charge is -2.22. The van der Waals surface area contributed by atoms with Crippen LogP contribution in [0.5, 0.6) is 0 Å². The number of rotatable bonds is 12. The summed E-state index contributed by atoms with van der Waals surface area (Å²) in [5, 5.41) is 49.7. The zero-order chi connectivity index (χ0) is 39.7. The summed E-state index contributed by atoms with van der Waals surface area (Å²) in [5.41, 5.74) is 3.62. The number of aryl methyl sites for hydroxylation is 1. The van der Waals surface area contributed by atoms with Crippen molar-refractivity contribution in [2.75, 3.05) is 35.2 Å². The number of sulfonamides is 1. The number of nitrogens with two attached hydrogens (primary N) is 1. The molecule has 20 heteroatoms. The second-order valence-corrected chi connectivity index (χ2v) is 15.8. The number of amides is 2. The van der Waals surface area contributed by atoms with Gasteiger partial charge in [-0.25, -0.2) is 23.3 Å². The van der Waals surface area contributed by atoms with E-state index in [0.717, 1.165) is 11.1 Å². The standard InChI is InChI=1S/C38H43N13O5S.ClH/c1-2-31-46-48-51(47-31)30-19-29(33(52)34(30)53)50-22-41-32-35(40-20-28(23-9-5-3-6-10-23)24-11-7-4-8-12-24)44-37(45-36(32)50)49-18-17-26(21-49)43-38(54)42-25-13-15-27(16-14-25)57(39,55)56;/h3-16,22,26,28-30,33-34,52-53H,2,17-21H2,1H3,(H2,39,55,56)(H,40,44,45)(H2,42,43,54);1H/t26?,29-,30+,33+,34-;/m1./s1. The summed E-state index contributed by atoms with van der Waals surface area (Å²) >= 11 is 0. The van der Waals surface area contributed by atoms with Crippen molar-refractivity contribution >= 4 is 57.1 Å². The van der Waals surface area contributed by atoms with Gasteiger partial charge >= 0.3 is 6.03 Å². The number of aliphatic hydroxyl groups is 2. The van der Waals surface area contributed by atoms with Crippen LogP contribution in [0.15, 0.2) is 96.2 Å². The van der Waals surface area contributed by atoms with Crippen molar-refractivity contribution in [3.63, 3.8) is 0 Å². The van der Waals surface area contributed by atoms with Crippen LogP contribution in [0.1, 0.15) is 54.7 Å². The van der Waals surface area contributed by atoms with E-state index in [0.29, 0.717) is 73.3 Å². The third kappa shape index (κ3) is 8.44. The number of urea groups is 1. The number of aromatic nitrogens is 8. The van der Waals surface area contributed by atoms with Crippen molar-refractivity contribution < 1.29 is 23.4 Å². The number of carbonyl (C=O) groups is 1. The van der Waals surface area contributed by atoms with E-state index in [2.05, 4.69) is 55.6 Å². The molecule has 2 amide bonds. The molecule has 3 aromatic heterocycles. The maximum Gasteiger partial charge on any atom is 0.319 e. The number of anilines is 3. The fraction of sp³-hybridized carbons (Fsp3) is 0.342. The van der Waals surface area contributed by atoms with Crippen molar-refractivity contribution in [2.45, 2.75) is 67.3 Å². The molecule has 58 heavy (non-hydrogen) atoms. The van der Waals surface area contributed by atoms with Gasteiger partial charge in [0.2, 0.25) is 16.0 Å². The van der Waals surface area contributed by atoms with Crippen LogP contribution in [0.4, 0.5) is 22.2 Å². The quantitative estimate of drug-likeness (QED) is 0.104. The molecule has 4 heterocycles. The molecule has 18 nitrogen and oxygen atoms in total. The number of imidazole rings is 1. The highest BCUT2D eigenvalue weighted by Gasteiger charge is 2.45. The molecule has 5 atom stereocenters. The third-order valence-electron chi connectivity index (χ3n) is 10.6. The fourth-order valence-corrected chi connectivity index (χ4v) is 8.09. The van der Waals surface area contributed by atoms with Crippen LogP contribution in [-0.2, 0) is 16.4 Å². The summed E-state index contributed by atoms with van der Waals surface area (Å²) in [7, 11) is -3.86. The Balaban J connectivity index is 0.00000512. The van der Waals surface area contributed by atoms with Crippen LogP contribution in [0.2, 0.25) is 0 Å². The van der Waals surface area contributed by atoms with Crippen molar-refractivity contribution in [3.8, 4) is 0 Å². The van der Waals surface area contributed by atoms with Gasteiger partial charge in [0.1, 0.15) is 18.2 Å². The van der Waals surface area contributed by atoms with Crippen LogP contribution in [0.25, 0.3) is 11.2 Å². The van der Waals surface area contributed by atoms with Gasteiger partial charge < -0.3 is 35.6 Å². The van der Waals surface area contributed by atoms with E-state index in [1.54, 1.807) is 10.9 Å². The van der Waals surface area contributed by atoms with Gasteiger partial charge in [-0.05, 0) is 53.4 Å². The van der Waals surface area contributed by atoms with Gasteiger partial charge in [0.25, 0.3) is 0 Å². The van der Waals surface area contributed by atoms with Crippen molar-refractivity contribution in [1.29, 1.82) is 0 Å². The molecule has 0 spiro atoms. The first-order chi connectivity index (χ1) is 27.6. The largest absolute Gasteiger partial charge is 0.388 e. The highest BCUT2D eigenvalue weighted by molar-refractivity contribution is 7.89. The molecular formula is C38H44ClN13O5S. The number of hydrogen-bond donors (Lipinski definition) is 6. The molecule has 0 bridgehead atoms. The van der Waals surface area contributed by atoms with Gasteiger partial charge in [0.15, 0.2) is 22.8 Å². The van der Waals surface area contributed by atoms with E-state index >= 15 is 0 Å². The molecule has 2 fully saturated rings. The summed E-state index contributed by atoms with van der Waals surface area (Å²) in [4.78, 5) is 31.0. The van der Waals surface area contributed by atoms with Crippen molar-refractivity contribution in [1.82, 2.24) is 45.0 Å². The zero-order valence-electron chi connectivity index (χ0n) is 31.4. The van der Waals surface area contributed by atoms with Gasteiger partial charge in [-0.1, -0.05) is 67.6 Å². The fourth-order valence-electron chi connectivity index (χ4n) is 7.58. The lowest BCUT2D eigenvalue weighted by molar-refractivity contribution is 0.00473. The van der Waals surface area contributed by atoms with E-state index in [1.165, 1.54) is 29.1 Å². The van der Waals surface area contributed by atoms with Gasteiger partial charge in [0, 0.05) is 43.7 Å². The Kier molecular flexibility index (Phi) is 11.9. The number of benzene rings is 3. The molecule has 2 aliphatic rings. The summed E-state index contributed by atoms with van der Waals surface area (Å²) in [6.07, 6.45) is 0.768. The second-order valence-electron chi connectivity index (χ2n) is 14.3. The molecule has 1 aliphatic carbocycles. The van der Waals surface area contributed by atoms with Crippen LogP contribution >= 0.6 is 12.4 Å². The highest BCUT2D eigenvalue weighted by atomic mass is 35.5. The van der Waals surface area contributed by atoms with Gasteiger partial charge in [-0.3, -0.25) is 0 Å². The Morgan fingerprint density at radius 1 is 0.948 bits per heavy atom. The Labute approximate surface area is 340 Å². The van der Waals surface area contributed by atoms with E-state index in [-0.39, 0.29) is 29.3 Å². The number of hydrogen-bond acceptors (Lipinski definition) is 13. The normalized spacial score (nSPS) is 20.6. The van der Waals surface area contributed by atoms with Crippen LogP contribution < -0.4 is 26.0 Å². The Hall–Kier alpha value is -5.73. The predicted molar refractivity (Wildman–Crippen MR) is 218 cm³/mol. The summed E-state index contributed by atoms with van der Waals surface area (Å²) < 4.78 is 25.0. The number of fused-ring (bicyclic) bond motifs is 1. The first-order valence-electron chi connectivity index (χ1n) is 18.7. The van der Waals surface area contributed by atoms with Crippen molar-refractivity contribution in [3.05, 3.63) is 108 Å². The highest BCUT2D eigenvalue weighted by Crippen LogP contribution is 2.40. The number of primary sulfonamides is 1.